The Hall–Kier alpha value is -6.10. The molecule has 5 aromatic carbocycles. The van der Waals surface area contributed by atoms with Crippen molar-refractivity contribution >= 4 is 86.8 Å². The smallest absolute Gasteiger partial charge is 0.231 e. The van der Waals surface area contributed by atoms with E-state index in [0.29, 0.717) is 6.79 Å². The molecule has 0 radical (unpaired) electrons. The highest BCUT2D eigenvalue weighted by atomic mass is 32.1. The maximum absolute atomic E-state index is 5.48. The van der Waals surface area contributed by atoms with Gasteiger partial charge in [0.25, 0.3) is 0 Å². The van der Waals surface area contributed by atoms with E-state index < -0.39 is 0 Å². The molecule has 5 nitrogen and oxygen atoms in total. The van der Waals surface area contributed by atoms with Crippen LogP contribution in [0.2, 0.25) is 0 Å². The Morgan fingerprint density at radius 2 is 1.15 bits per heavy atom. The molecule has 13 rings (SSSR count). The monoisotopic (exact) mass is 948 g/mol. The molecule has 6 aromatic heterocycles. The Bertz CT molecular complexity index is 3010. The molecule has 0 aliphatic carbocycles. The van der Waals surface area contributed by atoms with E-state index in [1.165, 1.54) is 73.6 Å². The minimum Gasteiger partial charge on any atom is -0.493 e. The summed E-state index contributed by atoms with van der Waals surface area (Å²) in [6, 6.07) is 49.8. The Balaban J connectivity index is 0.000000115. The van der Waals surface area contributed by atoms with Crippen molar-refractivity contribution in [2.75, 3.05) is 13.4 Å². The number of hydrogen-bond acceptors (Lipinski definition) is 9. The van der Waals surface area contributed by atoms with Crippen LogP contribution in [0.1, 0.15) is 49.1 Å². The van der Waals surface area contributed by atoms with Crippen molar-refractivity contribution in [2.45, 2.75) is 61.3 Å². The second kappa shape index (κ2) is 23.9. The molecule has 11 aromatic rings. The molecular formula is C57H56O5S4. The zero-order valence-corrected chi connectivity index (χ0v) is 41.9. The first-order chi connectivity index (χ1) is 32.1. The van der Waals surface area contributed by atoms with Gasteiger partial charge in [0.2, 0.25) is 6.79 Å². The Morgan fingerprint density at radius 1 is 0.439 bits per heavy atom. The summed E-state index contributed by atoms with van der Waals surface area (Å²) >= 11 is 7.32. The summed E-state index contributed by atoms with van der Waals surface area (Å²) in [6.45, 7) is 15.8. The molecule has 0 N–H and O–H groups in total. The van der Waals surface area contributed by atoms with Crippen LogP contribution in [0, 0.1) is 48.5 Å². The van der Waals surface area contributed by atoms with E-state index in [0.717, 1.165) is 47.2 Å². The molecule has 0 saturated carbocycles. The average Bonchev–Trinajstić information content (AvgIpc) is 4.18. The van der Waals surface area contributed by atoms with Crippen LogP contribution < -0.4 is 14.2 Å². The standard InChI is InChI=1S/C10H12O.2C9H8O.C9H8S.C8H8O2.C7H6S2.C5H6S/c1-8-4-5-10-9(7-8)3-2-6-11-10;1-7-2-3-8-4-5-10-9(8)6-7;2*1-7-6-8-4-2-3-5-9(8)10-7;1-6-2-3-7-8(4-6)10-5-9-7;1-5-4-7-6(9-5)2-3-8-7;1-5-3-2-4-6-5/h4-5,7H,2-3,6H2,1H3;3*2-6H,1H3;2-4H,5H2,1H3;2-4H,1H3;2-4H,1H3. The van der Waals surface area contributed by atoms with Gasteiger partial charge in [-0.05, 0) is 167 Å². The fraction of sp³-hybridized carbons (Fsp3) is 0.193. The van der Waals surface area contributed by atoms with Gasteiger partial charge in [0.05, 0.1) is 12.9 Å². The lowest BCUT2D eigenvalue weighted by atomic mass is 10.0. The third-order valence-corrected chi connectivity index (χ3v) is 14.1. The van der Waals surface area contributed by atoms with E-state index in [9.17, 15) is 0 Å². The maximum Gasteiger partial charge on any atom is 0.231 e. The van der Waals surface area contributed by atoms with E-state index in [-0.39, 0.29) is 0 Å². The highest BCUT2D eigenvalue weighted by Crippen LogP contribution is 2.32. The molecule has 0 unspecified atom stereocenters. The molecular weight excluding hydrogens is 893 g/mol. The van der Waals surface area contributed by atoms with Crippen LogP contribution in [-0.2, 0) is 6.42 Å². The van der Waals surface area contributed by atoms with Crippen molar-refractivity contribution < 1.29 is 23.0 Å². The van der Waals surface area contributed by atoms with Gasteiger partial charge in [0, 0.05) is 39.5 Å². The summed E-state index contributed by atoms with van der Waals surface area (Å²) in [7, 11) is 0. The van der Waals surface area contributed by atoms with Gasteiger partial charge in [-0.2, -0.15) is 0 Å². The molecule has 0 saturated heterocycles. The third kappa shape index (κ3) is 14.2. The van der Waals surface area contributed by atoms with Crippen LogP contribution in [0.5, 0.6) is 17.2 Å². The summed E-state index contributed by atoms with van der Waals surface area (Å²) in [4.78, 5) is 4.19. The number of fused-ring (bicyclic) bond motifs is 6. The predicted octanol–water partition coefficient (Wildman–Crippen LogP) is 18.1. The number of ether oxygens (including phenoxy) is 3. The van der Waals surface area contributed by atoms with Crippen LogP contribution in [0.3, 0.4) is 0 Å². The summed E-state index contributed by atoms with van der Waals surface area (Å²) in [5.41, 5.74) is 7.08. The lowest BCUT2D eigenvalue weighted by Gasteiger charge is -2.16. The van der Waals surface area contributed by atoms with E-state index in [2.05, 4.69) is 130 Å². The molecule has 338 valence electrons. The van der Waals surface area contributed by atoms with Gasteiger partial charge in [0.15, 0.2) is 11.5 Å². The summed E-state index contributed by atoms with van der Waals surface area (Å²) in [5.74, 6) is 3.77. The van der Waals surface area contributed by atoms with Crippen LogP contribution in [0.25, 0.3) is 41.4 Å². The topological polar surface area (TPSA) is 54.0 Å². The number of hydrogen-bond donors (Lipinski definition) is 0. The van der Waals surface area contributed by atoms with Crippen LogP contribution in [0.15, 0.2) is 171 Å². The predicted molar refractivity (Wildman–Crippen MR) is 284 cm³/mol. The highest BCUT2D eigenvalue weighted by molar-refractivity contribution is 7.26. The maximum atomic E-state index is 5.48. The summed E-state index contributed by atoms with van der Waals surface area (Å²) < 4.78 is 30.6. The second-order valence-corrected chi connectivity index (χ2v) is 20.6. The van der Waals surface area contributed by atoms with Gasteiger partial charge in [-0.15, -0.1) is 45.3 Å². The van der Waals surface area contributed by atoms with Crippen molar-refractivity contribution in [1.82, 2.24) is 0 Å². The lowest BCUT2D eigenvalue weighted by molar-refractivity contribution is 0.174. The van der Waals surface area contributed by atoms with Gasteiger partial charge in [0.1, 0.15) is 22.7 Å². The molecule has 0 fully saturated rings. The second-order valence-electron chi connectivity index (χ2n) is 15.9. The molecule has 0 bridgehead atoms. The first kappa shape index (κ1) is 47.9. The number of furan rings is 2. The fourth-order valence-electron chi connectivity index (χ4n) is 7.03. The lowest BCUT2D eigenvalue weighted by Crippen LogP contribution is -2.07. The minimum absolute atomic E-state index is 0.360. The number of benzene rings is 5. The number of aryl methyl sites for hydroxylation is 8. The van der Waals surface area contributed by atoms with Gasteiger partial charge in [-0.3, -0.25) is 0 Å². The SMILES string of the molecule is Cc1cc2ccccc2o1.Cc1cc2ccccc2s1.Cc1cc2sccc2s1.Cc1ccc2c(c1)CCCO2.Cc1ccc2c(c1)OCO2.Cc1ccc2ccoc2c1.Cc1cccs1. The Labute approximate surface area is 404 Å². The van der Waals surface area contributed by atoms with Crippen molar-refractivity contribution in [3.8, 4) is 17.2 Å². The molecule has 9 heteroatoms. The number of thiophene rings is 4. The summed E-state index contributed by atoms with van der Waals surface area (Å²) in [5, 5.41) is 7.94. The first-order valence-electron chi connectivity index (χ1n) is 21.9. The van der Waals surface area contributed by atoms with Crippen LogP contribution in [0.4, 0.5) is 0 Å². The van der Waals surface area contributed by atoms with Gasteiger partial charge < -0.3 is 23.0 Å². The van der Waals surface area contributed by atoms with Crippen molar-refractivity contribution in [2.24, 2.45) is 0 Å². The molecule has 2 aliphatic heterocycles. The van der Waals surface area contributed by atoms with Gasteiger partial charge in [-0.1, -0.05) is 78.4 Å². The van der Waals surface area contributed by atoms with E-state index in [1.54, 1.807) is 17.6 Å². The zero-order chi connectivity index (χ0) is 46.3. The van der Waals surface area contributed by atoms with Crippen molar-refractivity contribution in [1.29, 1.82) is 0 Å². The van der Waals surface area contributed by atoms with E-state index >= 15 is 0 Å². The van der Waals surface area contributed by atoms with Crippen molar-refractivity contribution in [3.63, 3.8) is 0 Å². The van der Waals surface area contributed by atoms with Gasteiger partial charge in [-0.25, -0.2) is 0 Å². The molecule has 0 spiro atoms. The van der Waals surface area contributed by atoms with Crippen LogP contribution >= 0.6 is 45.3 Å². The number of rotatable bonds is 0. The molecule has 8 heterocycles. The normalized spacial score (nSPS) is 11.7. The average molecular weight is 949 g/mol. The highest BCUT2D eigenvalue weighted by Gasteiger charge is 2.11. The quantitative estimate of drug-likeness (QED) is 0.152. The summed E-state index contributed by atoms with van der Waals surface area (Å²) in [6.07, 6.45) is 4.05. The molecule has 0 amide bonds. The Morgan fingerprint density at radius 3 is 1.91 bits per heavy atom. The van der Waals surface area contributed by atoms with E-state index in [1.807, 2.05) is 109 Å². The zero-order valence-electron chi connectivity index (χ0n) is 38.6. The molecule has 0 atom stereocenters. The van der Waals surface area contributed by atoms with Gasteiger partial charge >= 0.3 is 0 Å². The minimum atomic E-state index is 0.360. The van der Waals surface area contributed by atoms with Crippen LogP contribution in [-0.4, -0.2) is 13.4 Å². The fourth-order valence-corrected chi connectivity index (χ4v) is 10.5. The van der Waals surface area contributed by atoms with E-state index in [4.69, 9.17) is 23.0 Å². The number of para-hydroxylation sites is 1. The molecule has 2 aliphatic rings. The molecule has 66 heavy (non-hydrogen) atoms. The largest absolute Gasteiger partial charge is 0.493 e. The Kier molecular flexibility index (Phi) is 17.3. The van der Waals surface area contributed by atoms with Crippen molar-refractivity contribution in [3.05, 3.63) is 205 Å². The third-order valence-electron chi connectivity index (χ3n) is 10.2. The first-order valence-corrected chi connectivity index (χ1v) is 25.3.